The van der Waals surface area contributed by atoms with Crippen molar-refractivity contribution in [3.05, 3.63) is 0 Å². The molecule has 0 aromatic rings. The van der Waals surface area contributed by atoms with Gasteiger partial charge in [-0.15, -0.1) is 0 Å². The van der Waals surface area contributed by atoms with Gasteiger partial charge in [0.1, 0.15) is 0 Å². The largest absolute Gasteiger partial charge is 0.462 e. The van der Waals surface area contributed by atoms with Crippen molar-refractivity contribution >= 4 is 5.97 Å². The quantitative estimate of drug-likeness (QED) is 0.657. The maximum Gasteiger partial charge on any atom is 0.320 e. The smallest absolute Gasteiger partial charge is 0.320 e. The Bertz CT molecular complexity index is 164. The highest BCUT2D eigenvalue weighted by molar-refractivity contribution is 5.71. The summed E-state index contributed by atoms with van der Waals surface area (Å²) in [7, 11) is 0. The van der Waals surface area contributed by atoms with Crippen LogP contribution < -0.4 is 5.32 Å². The first-order valence-corrected chi connectivity index (χ1v) is 5.08. The molecular formula is C10H19NO2. The second-order valence-corrected chi connectivity index (χ2v) is 3.97. The van der Waals surface area contributed by atoms with Crippen LogP contribution in [0.5, 0.6) is 0 Å². The van der Waals surface area contributed by atoms with E-state index in [2.05, 4.69) is 5.32 Å². The van der Waals surface area contributed by atoms with Crippen LogP contribution in [0, 0.1) is 5.92 Å². The van der Waals surface area contributed by atoms with Gasteiger partial charge in [-0.25, -0.2) is 0 Å². The second kappa shape index (κ2) is 5.22. The number of carbonyl (C=O) groups is 1. The van der Waals surface area contributed by atoms with Gasteiger partial charge in [-0.2, -0.15) is 0 Å². The van der Waals surface area contributed by atoms with Gasteiger partial charge >= 0.3 is 5.97 Å². The summed E-state index contributed by atoms with van der Waals surface area (Å²) in [4.78, 5) is 11.1. The molecule has 1 fully saturated rings. The monoisotopic (exact) mass is 185 g/mol. The zero-order valence-electron chi connectivity index (χ0n) is 8.51. The van der Waals surface area contributed by atoms with Gasteiger partial charge in [0.15, 0.2) is 0 Å². The number of ether oxygens (including phenoxy) is 1. The van der Waals surface area contributed by atoms with Crippen LogP contribution in [0.2, 0.25) is 0 Å². The molecule has 0 unspecified atom stereocenters. The van der Waals surface area contributed by atoms with E-state index in [0.29, 0.717) is 6.54 Å². The lowest BCUT2D eigenvalue weighted by Crippen LogP contribution is -2.32. The third-order valence-electron chi connectivity index (χ3n) is 2.29. The minimum atomic E-state index is -0.144. The SMILES string of the molecule is CC(C)OC(=O)CNCC1CCC1. The fourth-order valence-corrected chi connectivity index (χ4v) is 1.38. The maximum atomic E-state index is 11.1. The molecule has 0 saturated heterocycles. The normalized spacial score (nSPS) is 17.2. The summed E-state index contributed by atoms with van der Waals surface area (Å²) in [6, 6.07) is 0. The van der Waals surface area contributed by atoms with Crippen LogP contribution in [-0.4, -0.2) is 25.2 Å². The molecule has 0 heterocycles. The summed E-state index contributed by atoms with van der Waals surface area (Å²) in [6.45, 7) is 5.05. The highest BCUT2D eigenvalue weighted by Crippen LogP contribution is 2.24. The van der Waals surface area contributed by atoms with Crippen molar-refractivity contribution < 1.29 is 9.53 Å². The molecule has 0 bridgehead atoms. The molecule has 1 N–H and O–H groups in total. The molecule has 1 saturated carbocycles. The Morgan fingerprint density at radius 3 is 2.69 bits per heavy atom. The van der Waals surface area contributed by atoms with Gasteiger partial charge < -0.3 is 10.1 Å². The van der Waals surface area contributed by atoms with Gasteiger partial charge in [-0.1, -0.05) is 6.42 Å². The number of nitrogens with one attached hydrogen (secondary N) is 1. The molecular weight excluding hydrogens is 166 g/mol. The van der Waals surface area contributed by atoms with Gasteiger partial charge in [0, 0.05) is 0 Å². The van der Waals surface area contributed by atoms with Crippen molar-refractivity contribution in [1.29, 1.82) is 0 Å². The lowest BCUT2D eigenvalue weighted by atomic mass is 9.85. The summed E-state index contributed by atoms with van der Waals surface area (Å²) >= 11 is 0. The van der Waals surface area contributed by atoms with Gasteiger partial charge in [0.2, 0.25) is 0 Å². The topological polar surface area (TPSA) is 38.3 Å². The summed E-state index contributed by atoms with van der Waals surface area (Å²) in [6.07, 6.45) is 3.97. The molecule has 1 aliphatic rings. The van der Waals surface area contributed by atoms with Crippen molar-refractivity contribution in [3.8, 4) is 0 Å². The van der Waals surface area contributed by atoms with E-state index in [-0.39, 0.29) is 12.1 Å². The Morgan fingerprint density at radius 1 is 1.54 bits per heavy atom. The molecule has 13 heavy (non-hydrogen) atoms. The minimum Gasteiger partial charge on any atom is -0.462 e. The van der Waals surface area contributed by atoms with Crippen molar-refractivity contribution in [1.82, 2.24) is 5.32 Å². The number of carbonyl (C=O) groups excluding carboxylic acids is 1. The van der Waals surface area contributed by atoms with Gasteiger partial charge in [0.25, 0.3) is 0 Å². The van der Waals surface area contributed by atoms with Crippen LogP contribution in [0.4, 0.5) is 0 Å². The predicted octanol–water partition coefficient (Wildman–Crippen LogP) is 1.33. The highest BCUT2D eigenvalue weighted by atomic mass is 16.5. The maximum absolute atomic E-state index is 11.1. The lowest BCUT2D eigenvalue weighted by molar-refractivity contribution is -0.146. The number of rotatable bonds is 5. The number of esters is 1. The van der Waals surface area contributed by atoms with Crippen molar-refractivity contribution in [2.24, 2.45) is 5.92 Å². The fraction of sp³-hybridized carbons (Fsp3) is 0.900. The van der Waals surface area contributed by atoms with Crippen LogP contribution >= 0.6 is 0 Å². The average molecular weight is 185 g/mol. The van der Waals surface area contributed by atoms with Gasteiger partial charge in [-0.3, -0.25) is 4.79 Å². The number of hydrogen-bond donors (Lipinski definition) is 1. The summed E-state index contributed by atoms with van der Waals surface area (Å²) in [5.41, 5.74) is 0. The molecule has 76 valence electrons. The molecule has 0 spiro atoms. The summed E-state index contributed by atoms with van der Waals surface area (Å²) < 4.78 is 4.98. The lowest BCUT2D eigenvalue weighted by Gasteiger charge is -2.25. The molecule has 0 aliphatic heterocycles. The zero-order chi connectivity index (χ0) is 9.68. The molecule has 1 rings (SSSR count). The summed E-state index contributed by atoms with van der Waals surface area (Å²) in [5.74, 6) is 0.654. The first-order valence-electron chi connectivity index (χ1n) is 5.08. The third-order valence-corrected chi connectivity index (χ3v) is 2.29. The molecule has 1 aliphatic carbocycles. The van der Waals surface area contributed by atoms with E-state index >= 15 is 0 Å². The molecule has 0 amide bonds. The van der Waals surface area contributed by atoms with Gasteiger partial charge in [-0.05, 0) is 39.2 Å². The molecule has 3 heteroatoms. The second-order valence-electron chi connectivity index (χ2n) is 3.97. The first-order chi connectivity index (χ1) is 6.18. The van der Waals surface area contributed by atoms with Crippen LogP contribution in [0.25, 0.3) is 0 Å². The van der Waals surface area contributed by atoms with E-state index < -0.39 is 0 Å². The number of hydrogen-bond acceptors (Lipinski definition) is 3. The molecule has 0 aromatic carbocycles. The standard InChI is InChI=1S/C10H19NO2/c1-8(2)13-10(12)7-11-6-9-4-3-5-9/h8-9,11H,3-7H2,1-2H3. The minimum absolute atomic E-state index is 0.00185. The zero-order valence-corrected chi connectivity index (χ0v) is 8.51. The fourth-order valence-electron chi connectivity index (χ4n) is 1.38. The van der Waals surface area contributed by atoms with Crippen LogP contribution in [0.3, 0.4) is 0 Å². The van der Waals surface area contributed by atoms with Crippen LogP contribution in [-0.2, 0) is 9.53 Å². The Morgan fingerprint density at radius 2 is 2.23 bits per heavy atom. The Kier molecular flexibility index (Phi) is 4.22. The van der Waals surface area contributed by atoms with E-state index in [1.807, 2.05) is 13.8 Å². The Balaban J connectivity index is 1.94. The van der Waals surface area contributed by atoms with E-state index in [9.17, 15) is 4.79 Å². The molecule has 0 atom stereocenters. The van der Waals surface area contributed by atoms with Gasteiger partial charge in [0.05, 0.1) is 12.6 Å². The van der Waals surface area contributed by atoms with Crippen LogP contribution in [0.1, 0.15) is 33.1 Å². The average Bonchev–Trinajstić information content (AvgIpc) is 1.92. The van der Waals surface area contributed by atoms with Crippen molar-refractivity contribution in [3.63, 3.8) is 0 Å². The summed E-state index contributed by atoms with van der Waals surface area (Å²) in [5, 5.41) is 3.12. The van der Waals surface area contributed by atoms with Crippen molar-refractivity contribution in [2.75, 3.05) is 13.1 Å². The van der Waals surface area contributed by atoms with E-state index in [0.717, 1.165) is 12.5 Å². The van der Waals surface area contributed by atoms with E-state index in [1.165, 1.54) is 19.3 Å². The van der Waals surface area contributed by atoms with Crippen LogP contribution in [0.15, 0.2) is 0 Å². The third kappa shape index (κ3) is 4.27. The molecule has 3 nitrogen and oxygen atoms in total. The Hall–Kier alpha value is -0.570. The Labute approximate surface area is 79.8 Å². The molecule has 0 radical (unpaired) electrons. The predicted molar refractivity (Wildman–Crippen MR) is 51.4 cm³/mol. The van der Waals surface area contributed by atoms with E-state index in [1.54, 1.807) is 0 Å². The highest BCUT2D eigenvalue weighted by Gasteiger charge is 2.17. The first kappa shape index (κ1) is 10.5. The van der Waals surface area contributed by atoms with E-state index in [4.69, 9.17) is 4.74 Å². The molecule has 0 aromatic heterocycles. The van der Waals surface area contributed by atoms with Crippen molar-refractivity contribution in [2.45, 2.75) is 39.2 Å².